The maximum atomic E-state index is 13.3. The highest BCUT2D eigenvalue weighted by Crippen LogP contribution is 2.26. The van der Waals surface area contributed by atoms with Gasteiger partial charge in [0.1, 0.15) is 5.57 Å². The molecule has 1 aliphatic rings. The number of aryl methyl sites for hydroxylation is 2. The van der Waals surface area contributed by atoms with E-state index in [1.807, 2.05) is 55.7 Å². The van der Waals surface area contributed by atoms with Crippen molar-refractivity contribution in [1.29, 1.82) is 0 Å². The van der Waals surface area contributed by atoms with Crippen molar-refractivity contribution in [2.75, 3.05) is 11.5 Å². The van der Waals surface area contributed by atoms with Crippen molar-refractivity contribution in [1.82, 2.24) is 9.88 Å². The smallest absolute Gasteiger partial charge is 0.338 e. The molecular weight excluding hydrogens is 458 g/mol. The normalized spacial score (nSPS) is 14.8. The summed E-state index contributed by atoms with van der Waals surface area (Å²) in [5, 5.41) is 2.27. The van der Waals surface area contributed by atoms with Gasteiger partial charge in [-0.3, -0.25) is 14.9 Å². The zero-order chi connectivity index (χ0) is 26.0. The van der Waals surface area contributed by atoms with E-state index in [9.17, 15) is 19.2 Å². The number of hydrogen-bond acceptors (Lipinski definition) is 5. The summed E-state index contributed by atoms with van der Waals surface area (Å²) < 4.78 is 7.00. The Morgan fingerprint density at radius 2 is 1.58 bits per heavy atom. The summed E-state index contributed by atoms with van der Waals surface area (Å²) >= 11 is 0. The van der Waals surface area contributed by atoms with E-state index < -0.39 is 17.8 Å². The SMILES string of the molecule is CCOC(=O)c1ccc(-n2c(C)cc(/C=C3/C(=O)NC(=O)N(c4ccc(CC)cc4)C3=O)c2C)cc1. The van der Waals surface area contributed by atoms with Gasteiger partial charge in [0.25, 0.3) is 11.8 Å². The molecule has 8 nitrogen and oxygen atoms in total. The average molecular weight is 486 g/mol. The van der Waals surface area contributed by atoms with Crippen LogP contribution in [-0.2, 0) is 20.7 Å². The van der Waals surface area contributed by atoms with E-state index >= 15 is 0 Å². The quantitative estimate of drug-likeness (QED) is 0.315. The molecule has 4 rings (SSSR count). The number of anilines is 1. The van der Waals surface area contributed by atoms with E-state index in [4.69, 9.17) is 4.74 Å². The fourth-order valence-electron chi connectivity index (χ4n) is 4.22. The van der Waals surface area contributed by atoms with Crippen LogP contribution in [0.1, 0.15) is 46.7 Å². The average Bonchev–Trinajstić information content (AvgIpc) is 3.14. The van der Waals surface area contributed by atoms with Gasteiger partial charge in [0.2, 0.25) is 0 Å². The third kappa shape index (κ3) is 4.57. The second kappa shape index (κ2) is 10.0. The Morgan fingerprint density at radius 3 is 2.19 bits per heavy atom. The Balaban J connectivity index is 1.68. The molecule has 184 valence electrons. The van der Waals surface area contributed by atoms with Gasteiger partial charge in [-0.25, -0.2) is 14.5 Å². The highest BCUT2D eigenvalue weighted by molar-refractivity contribution is 6.39. The van der Waals surface area contributed by atoms with Crippen molar-refractivity contribution in [3.05, 3.63) is 88.2 Å². The van der Waals surface area contributed by atoms with Gasteiger partial charge < -0.3 is 9.30 Å². The first kappa shape index (κ1) is 24.7. The number of aromatic nitrogens is 1. The van der Waals surface area contributed by atoms with Crippen LogP contribution >= 0.6 is 0 Å². The third-order valence-electron chi connectivity index (χ3n) is 6.11. The van der Waals surface area contributed by atoms with Crippen molar-refractivity contribution < 1.29 is 23.9 Å². The van der Waals surface area contributed by atoms with E-state index in [0.717, 1.165) is 34.0 Å². The minimum Gasteiger partial charge on any atom is -0.462 e. The van der Waals surface area contributed by atoms with Gasteiger partial charge in [-0.05, 0) is 86.9 Å². The highest BCUT2D eigenvalue weighted by Gasteiger charge is 2.37. The first-order valence-corrected chi connectivity index (χ1v) is 11.7. The Labute approximate surface area is 209 Å². The van der Waals surface area contributed by atoms with E-state index in [1.165, 1.54) is 6.08 Å². The topological polar surface area (TPSA) is 97.7 Å². The monoisotopic (exact) mass is 485 g/mol. The van der Waals surface area contributed by atoms with Crippen molar-refractivity contribution >= 4 is 35.6 Å². The molecule has 36 heavy (non-hydrogen) atoms. The van der Waals surface area contributed by atoms with Gasteiger partial charge in [-0.15, -0.1) is 0 Å². The maximum absolute atomic E-state index is 13.3. The molecule has 4 amide bonds. The highest BCUT2D eigenvalue weighted by atomic mass is 16.5. The molecule has 0 aliphatic carbocycles. The van der Waals surface area contributed by atoms with E-state index in [2.05, 4.69) is 5.32 Å². The Morgan fingerprint density at radius 1 is 0.944 bits per heavy atom. The molecule has 0 spiro atoms. The predicted molar refractivity (Wildman–Crippen MR) is 136 cm³/mol. The molecule has 2 heterocycles. The molecule has 1 saturated heterocycles. The summed E-state index contributed by atoms with van der Waals surface area (Å²) in [6.45, 7) is 7.84. The summed E-state index contributed by atoms with van der Waals surface area (Å²) in [7, 11) is 0. The summed E-state index contributed by atoms with van der Waals surface area (Å²) in [6.07, 6.45) is 2.33. The molecule has 2 aromatic carbocycles. The number of benzene rings is 2. The van der Waals surface area contributed by atoms with Gasteiger partial charge in [0.15, 0.2) is 0 Å². The maximum Gasteiger partial charge on any atom is 0.338 e. The summed E-state index contributed by atoms with van der Waals surface area (Å²) in [5.74, 6) is -1.81. The van der Waals surface area contributed by atoms with E-state index in [-0.39, 0.29) is 11.5 Å². The molecule has 0 radical (unpaired) electrons. The van der Waals surface area contributed by atoms with Crippen molar-refractivity contribution in [2.24, 2.45) is 0 Å². The third-order valence-corrected chi connectivity index (χ3v) is 6.11. The van der Waals surface area contributed by atoms with Crippen LogP contribution in [0.3, 0.4) is 0 Å². The van der Waals surface area contributed by atoms with Crippen LogP contribution in [0.2, 0.25) is 0 Å². The lowest BCUT2D eigenvalue weighted by Gasteiger charge is -2.26. The molecular formula is C28H27N3O5. The molecule has 0 saturated carbocycles. The number of ether oxygens (including phenoxy) is 1. The van der Waals surface area contributed by atoms with Crippen LogP contribution < -0.4 is 10.2 Å². The first-order chi connectivity index (χ1) is 17.2. The molecule has 1 aromatic heterocycles. The Hall–Kier alpha value is -4.46. The lowest BCUT2D eigenvalue weighted by Crippen LogP contribution is -2.54. The number of carbonyl (C=O) groups excluding carboxylic acids is 4. The van der Waals surface area contributed by atoms with Crippen LogP contribution in [-0.4, -0.2) is 35.0 Å². The largest absolute Gasteiger partial charge is 0.462 e. The molecule has 1 N–H and O–H groups in total. The first-order valence-electron chi connectivity index (χ1n) is 11.7. The van der Waals surface area contributed by atoms with Gasteiger partial charge in [0.05, 0.1) is 17.9 Å². The van der Waals surface area contributed by atoms with E-state index in [1.54, 1.807) is 31.2 Å². The number of imide groups is 2. The molecule has 8 heteroatoms. The number of rotatable bonds is 6. The molecule has 3 aromatic rings. The number of hydrogen-bond donors (Lipinski definition) is 1. The Kier molecular flexibility index (Phi) is 6.87. The summed E-state index contributed by atoms with van der Waals surface area (Å²) in [5.41, 5.74) is 4.92. The lowest BCUT2D eigenvalue weighted by atomic mass is 10.1. The van der Waals surface area contributed by atoms with Gasteiger partial charge in [0, 0.05) is 17.1 Å². The van der Waals surface area contributed by atoms with Crippen molar-refractivity contribution in [3.8, 4) is 5.69 Å². The number of amides is 4. The van der Waals surface area contributed by atoms with Gasteiger partial charge >= 0.3 is 12.0 Å². The van der Waals surface area contributed by atoms with Crippen LogP contribution in [0, 0.1) is 13.8 Å². The van der Waals surface area contributed by atoms with Gasteiger partial charge in [-0.2, -0.15) is 0 Å². The minimum atomic E-state index is -0.779. The second-order valence-corrected chi connectivity index (χ2v) is 8.41. The van der Waals surface area contributed by atoms with Crippen molar-refractivity contribution in [2.45, 2.75) is 34.1 Å². The van der Waals surface area contributed by atoms with Gasteiger partial charge in [-0.1, -0.05) is 19.1 Å². The predicted octanol–water partition coefficient (Wildman–Crippen LogP) is 4.50. The van der Waals surface area contributed by atoms with Crippen molar-refractivity contribution in [3.63, 3.8) is 0 Å². The number of carbonyl (C=O) groups is 4. The lowest BCUT2D eigenvalue weighted by molar-refractivity contribution is -0.122. The number of nitrogens with zero attached hydrogens (tertiary/aromatic N) is 2. The number of esters is 1. The standard InChI is InChI=1S/C28H27N3O5/c1-5-19-7-11-23(12-8-19)31-26(33)24(25(32)29-28(31)35)16-21-15-17(3)30(18(21)4)22-13-9-20(10-14-22)27(34)36-6-2/h7-16H,5-6H2,1-4H3,(H,29,32,35)/b24-16-. The van der Waals surface area contributed by atoms with Crippen LogP contribution in [0.15, 0.2) is 60.2 Å². The molecule has 0 atom stereocenters. The zero-order valence-corrected chi connectivity index (χ0v) is 20.6. The molecule has 1 fully saturated rings. The second-order valence-electron chi connectivity index (χ2n) is 8.41. The van der Waals surface area contributed by atoms with Crippen LogP contribution in [0.4, 0.5) is 10.5 Å². The molecule has 1 aliphatic heterocycles. The molecule has 0 unspecified atom stereocenters. The zero-order valence-electron chi connectivity index (χ0n) is 20.6. The number of urea groups is 1. The van der Waals surface area contributed by atoms with Crippen LogP contribution in [0.5, 0.6) is 0 Å². The van der Waals surface area contributed by atoms with E-state index in [0.29, 0.717) is 23.4 Å². The van der Waals surface area contributed by atoms with Crippen LogP contribution in [0.25, 0.3) is 11.8 Å². The Bertz CT molecular complexity index is 1380. The fraction of sp³-hybridized carbons (Fsp3) is 0.214. The molecule has 0 bridgehead atoms. The summed E-state index contributed by atoms with van der Waals surface area (Å²) in [4.78, 5) is 51.3. The summed E-state index contributed by atoms with van der Waals surface area (Å²) in [6, 6.07) is 15.1. The number of barbiturate groups is 1. The fourth-order valence-corrected chi connectivity index (χ4v) is 4.22. The minimum absolute atomic E-state index is 0.132. The number of nitrogens with one attached hydrogen (secondary N) is 1.